The van der Waals surface area contributed by atoms with Crippen LogP contribution in [0.4, 0.5) is 11.4 Å². The van der Waals surface area contributed by atoms with Crippen molar-refractivity contribution in [3.8, 4) is 29.1 Å². The average Bonchev–Trinajstić information content (AvgIpc) is 2.92. The summed E-state index contributed by atoms with van der Waals surface area (Å²) in [5.41, 5.74) is 14.1. The van der Waals surface area contributed by atoms with E-state index in [9.17, 15) is 5.26 Å². The van der Waals surface area contributed by atoms with E-state index in [1.54, 1.807) is 48.7 Å². The molecule has 190 valence electrons. The minimum atomic E-state index is 0.134. The van der Waals surface area contributed by atoms with Gasteiger partial charge in [0.2, 0.25) is 0 Å². The molecule has 0 saturated heterocycles. The fraction of sp³-hybridized carbons (Fsp3) is 0.0345. The summed E-state index contributed by atoms with van der Waals surface area (Å²) in [4.78, 5) is 4.39. The Balaban J connectivity index is 0.000000317. The number of fused-ring (bicyclic) bond motifs is 1. The number of rotatable bonds is 5. The lowest BCUT2D eigenvalue weighted by Gasteiger charge is -2.12. The molecule has 0 spiro atoms. The number of aromatic hydroxyl groups is 1. The monoisotopic (exact) mass is 544 g/mol. The van der Waals surface area contributed by atoms with E-state index in [0.717, 1.165) is 5.56 Å². The fourth-order valence-electron chi connectivity index (χ4n) is 3.39. The molecule has 0 radical (unpaired) electrons. The quantitative estimate of drug-likeness (QED) is 0.156. The predicted octanol–water partition coefficient (Wildman–Crippen LogP) is 7.34. The number of phenols is 1. The Hall–Kier alpha value is -4.64. The zero-order chi connectivity index (χ0) is 27.1. The maximum atomic E-state index is 9.60. The lowest BCUT2D eigenvalue weighted by atomic mass is 10.1. The van der Waals surface area contributed by atoms with Gasteiger partial charge in [0.05, 0.1) is 32.5 Å². The highest BCUT2D eigenvalue weighted by Gasteiger charge is 2.12. The molecule has 7 nitrogen and oxygen atoms in total. The van der Waals surface area contributed by atoms with Crippen molar-refractivity contribution in [2.45, 2.75) is 6.61 Å². The molecule has 0 amide bonds. The molecule has 0 bridgehead atoms. The van der Waals surface area contributed by atoms with E-state index in [-0.39, 0.29) is 5.75 Å². The van der Waals surface area contributed by atoms with Gasteiger partial charge in [0, 0.05) is 29.8 Å². The fourth-order valence-corrected chi connectivity index (χ4v) is 3.74. The van der Waals surface area contributed by atoms with Crippen molar-refractivity contribution < 1.29 is 14.6 Å². The molecular weight excluding hydrogens is 523 g/mol. The van der Waals surface area contributed by atoms with Gasteiger partial charge in [0.1, 0.15) is 35.7 Å². The van der Waals surface area contributed by atoms with Crippen molar-refractivity contribution in [2.75, 3.05) is 11.5 Å². The molecule has 9 heteroatoms. The Morgan fingerprint density at radius 1 is 0.842 bits per heavy atom. The van der Waals surface area contributed by atoms with Crippen LogP contribution >= 0.6 is 23.2 Å². The number of phenolic OH excluding ortho intramolecular Hbond substituents is 1. The Bertz CT molecular complexity index is 1620. The van der Waals surface area contributed by atoms with Gasteiger partial charge in [-0.3, -0.25) is 4.98 Å². The zero-order valence-electron chi connectivity index (χ0n) is 19.9. The molecule has 0 fully saturated rings. The molecule has 0 aliphatic carbocycles. The largest absolute Gasteiger partial charge is 0.508 e. The summed E-state index contributed by atoms with van der Waals surface area (Å²) in [6.45, 7) is 0.362. The molecule has 0 aliphatic rings. The smallest absolute Gasteiger partial charge is 0.139 e. The first kappa shape index (κ1) is 26.4. The Kier molecular flexibility index (Phi) is 8.39. The summed E-state index contributed by atoms with van der Waals surface area (Å²) in [5.74, 6) is 1.71. The maximum Gasteiger partial charge on any atom is 0.139 e. The summed E-state index contributed by atoms with van der Waals surface area (Å²) in [6, 6.07) is 26.6. The number of pyridine rings is 1. The van der Waals surface area contributed by atoms with Gasteiger partial charge in [-0.1, -0.05) is 53.5 Å². The molecule has 4 aromatic carbocycles. The maximum absolute atomic E-state index is 9.60. The molecular formula is C29H22Cl2N4O3. The van der Waals surface area contributed by atoms with Crippen molar-refractivity contribution >= 4 is 45.5 Å². The van der Waals surface area contributed by atoms with Crippen molar-refractivity contribution in [3.63, 3.8) is 0 Å². The molecule has 0 atom stereocenters. The second-order valence-electron chi connectivity index (χ2n) is 8.05. The number of hydrogen-bond acceptors (Lipinski definition) is 7. The van der Waals surface area contributed by atoms with E-state index < -0.39 is 0 Å². The summed E-state index contributed by atoms with van der Waals surface area (Å²) >= 11 is 11.6. The first-order chi connectivity index (χ1) is 18.3. The average molecular weight is 545 g/mol. The van der Waals surface area contributed by atoms with Crippen LogP contribution in [-0.2, 0) is 6.61 Å². The molecule has 5 rings (SSSR count). The number of nitrogen functional groups attached to an aromatic ring is 2. The van der Waals surface area contributed by atoms with Crippen LogP contribution in [0.2, 0.25) is 10.0 Å². The molecule has 5 N–H and O–H groups in total. The number of nitrogens with zero attached hydrogens (tertiary/aromatic N) is 2. The number of nitriles is 1. The summed E-state index contributed by atoms with van der Waals surface area (Å²) in [5, 5.41) is 19.9. The normalized spacial score (nSPS) is 10.2. The van der Waals surface area contributed by atoms with Crippen molar-refractivity contribution in [1.29, 1.82) is 5.26 Å². The van der Waals surface area contributed by atoms with Crippen molar-refractivity contribution in [1.82, 2.24) is 4.98 Å². The topological polar surface area (TPSA) is 127 Å². The Labute approximate surface area is 229 Å². The molecule has 0 unspecified atom stereocenters. The van der Waals surface area contributed by atoms with E-state index in [0.29, 0.717) is 61.7 Å². The van der Waals surface area contributed by atoms with E-state index in [1.807, 2.05) is 30.3 Å². The number of nitrogens with two attached hydrogens (primary N) is 2. The number of aromatic nitrogens is 1. The second kappa shape index (κ2) is 12.1. The van der Waals surface area contributed by atoms with E-state index in [1.165, 1.54) is 12.1 Å². The SMILES string of the molecule is N#Cc1cc2c(Oc3ccc(N)c(Cl)c3)ccnc2cc1OCc1ccccc1.Nc1ccc(O)cc1Cl. The second-order valence-corrected chi connectivity index (χ2v) is 8.87. The minimum Gasteiger partial charge on any atom is -0.508 e. The van der Waals surface area contributed by atoms with Gasteiger partial charge in [-0.05, 0) is 42.0 Å². The summed E-state index contributed by atoms with van der Waals surface area (Å²) in [7, 11) is 0. The lowest BCUT2D eigenvalue weighted by Crippen LogP contribution is -1.98. The number of halogens is 2. The van der Waals surface area contributed by atoms with Gasteiger partial charge in [-0.2, -0.15) is 5.26 Å². The van der Waals surface area contributed by atoms with Crippen LogP contribution in [0.3, 0.4) is 0 Å². The van der Waals surface area contributed by atoms with Crippen LogP contribution in [0.5, 0.6) is 23.0 Å². The number of hydrogen-bond donors (Lipinski definition) is 3. The zero-order valence-corrected chi connectivity index (χ0v) is 21.4. The van der Waals surface area contributed by atoms with Gasteiger partial charge in [-0.25, -0.2) is 0 Å². The predicted molar refractivity (Wildman–Crippen MR) is 151 cm³/mol. The van der Waals surface area contributed by atoms with Crippen LogP contribution in [0.15, 0.2) is 91.1 Å². The summed E-state index contributed by atoms with van der Waals surface area (Å²) in [6.07, 6.45) is 1.64. The molecule has 38 heavy (non-hydrogen) atoms. The third-order valence-electron chi connectivity index (χ3n) is 5.34. The van der Waals surface area contributed by atoms with Gasteiger partial charge in [-0.15, -0.1) is 0 Å². The van der Waals surface area contributed by atoms with E-state index in [4.69, 9.17) is 49.2 Å². The standard InChI is InChI=1S/C23H16ClN3O2.C6H6ClNO/c24-19-11-17(6-7-20(19)26)29-22-8-9-27-21-12-23(16(13-25)10-18(21)22)28-14-15-4-2-1-3-5-15;7-5-3-4(9)1-2-6(5)8/h1-12H,14,26H2;1-3,9H,8H2. The lowest BCUT2D eigenvalue weighted by molar-refractivity contribution is 0.305. The molecule has 5 aromatic rings. The van der Waals surface area contributed by atoms with Gasteiger partial charge in [0.25, 0.3) is 0 Å². The number of benzene rings is 4. The Morgan fingerprint density at radius 2 is 1.55 bits per heavy atom. The molecule has 1 heterocycles. The van der Waals surface area contributed by atoms with Crippen LogP contribution in [0.25, 0.3) is 10.9 Å². The Morgan fingerprint density at radius 3 is 2.21 bits per heavy atom. The summed E-state index contributed by atoms with van der Waals surface area (Å²) < 4.78 is 11.8. The van der Waals surface area contributed by atoms with Crippen molar-refractivity contribution in [3.05, 3.63) is 112 Å². The highest BCUT2D eigenvalue weighted by Crippen LogP contribution is 2.35. The third-order valence-corrected chi connectivity index (χ3v) is 6.00. The van der Waals surface area contributed by atoms with Crippen LogP contribution in [0, 0.1) is 11.3 Å². The third kappa shape index (κ3) is 6.56. The van der Waals surface area contributed by atoms with Gasteiger partial charge >= 0.3 is 0 Å². The molecule has 0 saturated carbocycles. The van der Waals surface area contributed by atoms with Gasteiger partial charge < -0.3 is 26.0 Å². The van der Waals surface area contributed by atoms with E-state index >= 15 is 0 Å². The number of ether oxygens (including phenoxy) is 2. The van der Waals surface area contributed by atoms with Crippen LogP contribution in [0.1, 0.15) is 11.1 Å². The highest BCUT2D eigenvalue weighted by molar-refractivity contribution is 6.33. The molecule has 1 aromatic heterocycles. The van der Waals surface area contributed by atoms with Crippen LogP contribution in [-0.4, -0.2) is 10.1 Å². The van der Waals surface area contributed by atoms with Crippen LogP contribution < -0.4 is 20.9 Å². The first-order valence-electron chi connectivity index (χ1n) is 11.3. The van der Waals surface area contributed by atoms with Crippen molar-refractivity contribution in [2.24, 2.45) is 0 Å². The van der Waals surface area contributed by atoms with E-state index in [2.05, 4.69) is 11.1 Å². The highest BCUT2D eigenvalue weighted by atomic mass is 35.5. The number of anilines is 2. The first-order valence-corrected chi connectivity index (χ1v) is 12.1. The van der Waals surface area contributed by atoms with Gasteiger partial charge in [0.15, 0.2) is 0 Å². The molecule has 0 aliphatic heterocycles. The minimum absolute atomic E-state index is 0.134.